The molecule has 1 unspecified atom stereocenters. The molecule has 1 amide bonds. The summed E-state index contributed by atoms with van der Waals surface area (Å²) in [7, 11) is 2.99. The predicted octanol–water partition coefficient (Wildman–Crippen LogP) is -0.277. The molecule has 9 nitrogen and oxygen atoms in total. The van der Waals surface area contributed by atoms with Crippen molar-refractivity contribution in [3.8, 4) is 17.7 Å². The van der Waals surface area contributed by atoms with E-state index in [9.17, 15) is 14.9 Å². The van der Waals surface area contributed by atoms with Crippen LogP contribution in [0.15, 0.2) is 64.1 Å². The maximum absolute atomic E-state index is 12.9. The number of amidine groups is 1. The molecule has 0 radical (unpaired) electrons. The van der Waals surface area contributed by atoms with Gasteiger partial charge in [-0.25, -0.2) is 4.79 Å². The maximum Gasteiger partial charge on any atom is 0.395 e. The first-order chi connectivity index (χ1) is 13.1. The molecule has 0 bridgehead atoms. The lowest BCUT2D eigenvalue weighted by Gasteiger charge is -2.14. The molecule has 1 heterocycles. The summed E-state index contributed by atoms with van der Waals surface area (Å²) in [6, 6.07) is 12.3. The summed E-state index contributed by atoms with van der Waals surface area (Å²) < 4.78 is 8.79. The standard InChI is InChI=1S/C18H14N5O4.ClH/c1-26-14-7-3-12(4-8-14)16(24)17-20-21-22-23(17,11-19)18(25)13-5-9-15(27-2)10-6-13;/h3-10H,1-2H3;1H/q+1;/p-1. The SMILES string of the molecule is COc1ccc(C(=O)C2=NN=N[N+]2(C#N)C(=O)c2ccc(OC)cc2)cc1.[Cl-]. The number of Topliss-reactive ketones (excluding diaryl/α,β-unsaturated/α-hetero) is 1. The van der Waals surface area contributed by atoms with Gasteiger partial charge >= 0.3 is 17.9 Å². The minimum absolute atomic E-state index is 0. The van der Waals surface area contributed by atoms with Crippen molar-refractivity contribution in [3.63, 3.8) is 0 Å². The van der Waals surface area contributed by atoms with Gasteiger partial charge in [-0.3, -0.25) is 4.79 Å². The van der Waals surface area contributed by atoms with E-state index >= 15 is 0 Å². The highest BCUT2D eigenvalue weighted by Crippen LogP contribution is 2.25. The molecule has 0 N–H and O–H groups in total. The van der Waals surface area contributed by atoms with E-state index in [1.807, 2.05) is 0 Å². The molecule has 1 atom stereocenters. The van der Waals surface area contributed by atoms with E-state index in [-0.39, 0.29) is 23.5 Å². The van der Waals surface area contributed by atoms with Crippen molar-refractivity contribution in [2.75, 3.05) is 14.2 Å². The molecule has 10 heteroatoms. The Hall–Kier alpha value is -3.61. The topological polar surface area (TPSA) is 113 Å². The molecule has 2 aromatic rings. The number of methoxy groups -OCH3 is 2. The van der Waals surface area contributed by atoms with Gasteiger partial charge in [-0.15, -0.1) is 5.26 Å². The molecule has 0 fully saturated rings. The van der Waals surface area contributed by atoms with E-state index in [1.54, 1.807) is 30.5 Å². The van der Waals surface area contributed by atoms with Crippen LogP contribution < -0.4 is 21.9 Å². The van der Waals surface area contributed by atoms with E-state index in [1.165, 1.54) is 38.5 Å². The van der Waals surface area contributed by atoms with E-state index in [0.717, 1.165) is 0 Å². The van der Waals surface area contributed by atoms with Gasteiger partial charge in [0.2, 0.25) is 0 Å². The van der Waals surface area contributed by atoms with Gasteiger partial charge < -0.3 is 21.9 Å². The molecule has 0 spiro atoms. The highest BCUT2D eigenvalue weighted by Gasteiger charge is 2.54. The summed E-state index contributed by atoms with van der Waals surface area (Å²) >= 11 is 0. The number of ether oxygens (including phenoxy) is 2. The summed E-state index contributed by atoms with van der Waals surface area (Å²) in [6.45, 7) is 0. The third-order valence-electron chi connectivity index (χ3n) is 3.95. The normalized spacial score (nSPS) is 17.1. The number of hydrogen-bond acceptors (Lipinski definition) is 8. The Labute approximate surface area is 166 Å². The molecule has 142 valence electrons. The number of benzene rings is 2. The Bertz CT molecular complexity index is 996. The molecular formula is C18H14ClN5O4. The summed E-state index contributed by atoms with van der Waals surface area (Å²) in [5.74, 6) is -0.678. The third kappa shape index (κ3) is 3.46. The molecule has 3 rings (SSSR count). The van der Waals surface area contributed by atoms with Crippen LogP contribution in [0.5, 0.6) is 11.5 Å². The number of quaternary nitrogens is 1. The van der Waals surface area contributed by atoms with Crippen LogP contribution in [0.4, 0.5) is 0 Å². The Morgan fingerprint density at radius 2 is 1.43 bits per heavy atom. The van der Waals surface area contributed by atoms with Gasteiger partial charge in [0.15, 0.2) is 0 Å². The van der Waals surface area contributed by atoms with Gasteiger partial charge in [-0.1, -0.05) is 5.10 Å². The van der Waals surface area contributed by atoms with Crippen LogP contribution in [0, 0.1) is 11.5 Å². The van der Waals surface area contributed by atoms with Crippen molar-refractivity contribution in [2.45, 2.75) is 0 Å². The van der Waals surface area contributed by atoms with Crippen molar-refractivity contribution in [2.24, 2.45) is 15.5 Å². The molecule has 0 saturated heterocycles. The number of nitrogens with zero attached hydrogens (tertiary/aromatic N) is 5. The summed E-state index contributed by atoms with van der Waals surface area (Å²) in [4.78, 5) is 25.8. The lowest BCUT2D eigenvalue weighted by Crippen LogP contribution is -3.00. The molecular weight excluding hydrogens is 386 g/mol. The second-order valence-electron chi connectivity index (χ2n) is 5.43. The largest absolute Gasteiger partial charge is 1.00 e. The van der Waals surface area contributed by atoms with Gasteiger partial charge in [0, 0.05) is 15.4 Å². The lowest BCUT2D eigenvalue weighted by atomic mass is 10.1. The lowest BCUT2D eigenvalue weighted by molar-refractivity contribution is -0.690. The molecule has 1 aliphatic rings. The second kappa shape index (κ2) is 8.39. The number of halogens is 1. The zero-order valence-electron chi connectivity index (χ0n) is 14.9. The van der Waals surface area contributed by atoms with E-state index in [2.05, 4.69) is 15.5 Å². The predicted molar refractivity (Wildman–Crippen MR) is 92.8 cm³/mol. The quantitative estimate of drug-likeness (QED) is 0.390. The second-order valence-corrected chi connectivity index (χ2v) is 5.43. The Morgan fingerprint density at radius 3 is 1.89 bits per heavy atom. The molecule has 0 saturated carbocycles. The number of amides is 1. The van der Waals surface area contributed by atoms with E-state index in [0.29, 0.717) is 11.5 Å². The Morgan fingerprint density at radius 1 is 0.929 bits per heavy atom. The first kappa shape index (κ1) is 20.7. The maximum atomic E-state index is 12.9. The highest BCUT2D eigenvalue weighted by atomic mass is 35.5. The van der Waals surface area contributed by atoms with Crippen LogP contribution in [0.25, 0.3) is 0 Å². The van der Waals surface area contributed by atoms with Crippen molar-refractivity contribution in [1.82, 2.24) is 0 Å². The van der Waals surface area contributed by atoms with Crippen LogP contribution in [0.2, 0.25) is 0 Å². The molecule has 28 heavy (non-hydrogen) atoms. The van der Waals surface area contributed by atoms with Crippen LogP contribution in [0.1, 0.15) is 20.7 Å². The van der Waals surface area contributed by atoms with Crippen molar-refractivity contribution in [3.05, 3.63) is 59.7 Å². The van der Waals surface area contributed by atoms with Gasteiger partial charge in [0.25, 0.3) is 5.78 Å². The average molecular weight is 400 g/mol. The fraction of sp³-hybridized carbons (Fsp3) is 0.111. The Balaban J connectivity index is 0.00000280. The monoisotopic (exact) mass is 399 g/mol. The summed E-state index contributed by atoms with van der Waals surface area (Å²) in [6.07, 6.45) is 1.75. The van der Waals surface area contributed by atoms with Gasteiger partial charge in [0.05, 0.1) is 25.0 Å². The average Bonchev–Trinajstić information content (AvgIpc) is 3.18. The number of ketones is 1. The van der Waals surface area contributed by atoms with E-state index in [4.69, 9.17) is 9.47 Å². The number of rotatable bonds is 5. The fourth-order valence-corrected chi connectivity index (χ4v) is 2.46. The third-order valence-corrected chi connectivity index (χ3v) is 3.95. The molecule has 2 aromatic carbocycles. The zero-order chi connectivity index (χ0) is 19.4. The first-order valence-electron chi connectivity index (χ1n) is 7.74. The van der Waals surface area contributed by atoms with E-state index < -0.39 is 22.1 Å². The smallest absolute Gasteiger partial charge is 0.395 e. The number of hydrogen-bond donors (Lipinski definition) is 0. The minimum atomic E-state index is -1.31. The minimum Gasteiger partial charge on any atom is -1.00 e. The number of carbonyl (C=O) groups excluding carboxylic acids is 2. The van der Waals surface area contributed by atoms with Crippen molar-refractivity contribution in [1.29, 1.82) is 5.26 Å². The summed E-state index contributed by atoms with van der Waals surface area (Å²) in [5, 5.41) is 20.4. The zero-order valence-corrected chi connectivity index (χ0v) is 15.6. The van der Waals surface area contributed by atoms with Gasteiger partial charge in [0.1, 0.15) is 11.5 Å². The number of nitriles is 1. The van der Waals surface area contributed by atoms with Crippen molar-refractivity contribution < 1.29 is 36.1 Å². The van der Waals surface area contributed by atoms with Crippen LogP contribution >= 0.6 is 0 Å². The molecule has 0 aromatic heterocycles. The van der Waals surface area contributed by atoms with Crippen LogP contribution in [0.3, 0.4) is 0 Å². The first-order valence-corrected chi connectivity index (χ1v) is 7.74. The van der Waals surface area contributed by atoms with Crippen LogP contribution in [-0.2, 0) is 0 Å². The van der Waals surface area contributed by atoms with Gasteiger partial charge in [-0.2, -0.15) is 0 Å². The summed E-state index contributed by atoms with van der Waals surface area (Å²) in [5.41, 5.74) is 0.385. The molecule has 0 aliphatic carbocycles. The Kier molecular flexibility index (Phi) is 6.20. The van der Waals surface area contributed by atoms with Gasteiger partial charge in [-0.05, 0) is 48.5 Å². The van der Waals surface area contributed by atoms with Crippen LogP contribution in [-0.4, -0.2) is 36.3 Å². The number of carbonyl (C=O) groups is 2. The van der Waals surface area contributed by atoms with Crippen molar-refractivity contribution >= 4 is 17.5 Å². The highest BCUT2D eigenvalue weighted by molar-refractivity contribution is 6.44. The molecule has 1 aliphatic heterocycles. The fourth-order valence-electron chi connectivity index (χ4n) is 2.46.